The van der Waals surface area contributed by atoms with Gasteiger partial charge in [-0.2, -0.15) is 0 Å². The predicted octanol–water partition coefficient (Wildman–Crippen LogP) is 1.40. The molecule has 0 radical (unpaired) electrons. The molecule has 1 saturated carbocycles. The first kappa shape index (κ1) is 6.30. The molecule has 0 aromatic carbocycles. The molecule has 1 rings (SSSR count). The van der Waals surface area contributed by atoms with Gasteiger partial charge in [0.1, 0.15) is 0 Å². The summed E-state index contributed by atoms with van der Waals surface area (Å²) in [5.74, 6) is 0.949. The van der Waals surface area contributed by atoms with Crippen molar-refractivity contribution < 1.29 is 4.43 Å². The molecule has 0 amide bonds. The van der Waals surface area contributed by atoms with Gasteiger partial charge in [-0.25, -0.2) is 0 Å². The molecule has 0 heterocycles. The Kier molecular flexibility index (Phi) is 2.08. The van der Waals surface area contributed by atoms with Crippen molar-refractivity contribution in [3.63, 3.8) is 0 Å². The molecule has 0 unspecified atom stereocenters. The van der Waals surface area contributed by atoms with Crippen molar-refractivity contribution in [2.24, 2.45) is 5.92 Å². The Labute approximate surface area is 52.8 Å². The van der Waals surface area contributed by atoms with Crippen molar-refractivity contribution in [1.29, 1.82) is 0 Å². The van der Waals surface area contributed by atoms with E-state index in [9.17, 15) is 0 Å². The molecule has 0 aromatic rings. The normalized spacial score (nSPS) is 19.9. The van der Waals surface area contributed by atoms with Crippen LogP contribution in [0.4, 0.5) is 0 Å². The highest BCUT2D eigenvalue weighted by molar-refractivity contribution is 6.48. The zero-order valence-corrected chi connectivity index (χ0v) is 6.84. The van der Waals surface area contributed by atoms with Gasteiger partial charge in [0.05, 0.1) is 0 Å². The molecule has 0 saturated heterocycles. The lowest BCUT2D eigenvalue weighted by Crippen LogP contribution is -2.09. The Morgan fingerprint density at radius 2 is 2.12 bits per heavy atom. The van der Waals surface area contributed by atoms with Crippen molar-refractivity contribution in [2.75, 3.05) is 6.61 Å². The number of hydrogen-bond donors (Lipinski definition) is 0. The molecule has 1 fully saturated rings. The fourth-order valence-corrected chi connectivity index (χ4v) is 1.27. The fraction of sp³-hybridized carbons (Fsp3) is 1.00. The summed E-state index contributed by atoms with van der Waals surface area (Å²) < 4.78 is 5.50. The minimum Gasteiger partial charge on any atom is -0.420 e. The van der Waals surface area contributed by atoms with Crippen molar-refractivity contribution in [2.45, 2.75) is 25.9 Å². The van der Waals surface area contributed by atoms with E-state index in [1.807, 2.05) is 0 Å². The van der Waals surface area contributed by atoms with E-state index < -0.39 is 9.04 Å². The van der Waals surface area contributed by atoms with Crippen LogP contribution in [0.25, 0.3) is 0 Å². The Hall–Kier alpha value is 0.177. The maximum atomic E-state index is 5.50. The van der Waals surface area contributed by atoms with Crippen molar-refractivity contribution in [1.82, 2.24) is 0 Å². The van der Waals surface area contributed by atoms with Gasteiger partial charge in [0.25, 0.3) is 0 Å². The molecule has 0 atom stereocenters. The molecule has 0 bridgehead atoms. The summed E-state index contributed by atoms with van der Waals surface area (Å²) in [6, 6.07) is 0. The molecule has 0 aliphatic heterocycles. The van der Waals surface area contributed by atoms with Crippen molar-refractivity contribution in [3.05, 3.63) is 0 Å². The summed E-state index contributed by atoms with van der Waals surface area (Å²) in [7, 11) is -0.687. The van der Waals surface area contributed by atoms with E-state index >= 15 is 0 Å². The summed E-state index contributed by atoms with van der Waals surface area (Å²) in [6.45, 7) is 5.51. The second kappa shape index (κ2) is 2.64. The monoisotopic (exact) mass is 130 g/mol. The Bertz CT molecular complexity index is 66.9. The first-order valence-corrected chi connectivity index (χ1v) is 6.18. The molecule has 2 heteroatoms. The third-order valence-electron chi connectivity index (χ3n) is 1.36. The van der Waals surface area contributed by atoms with Gasteiger partial charge in [-0.15, -0.1) is 0 Å². The zero-order chi connectivity index (χ0) is 5.98. The second-order valence-corrected chi connectivity index (χ2v) is 5.26. The van der Waals surface area contributed by atoms with Crippen LogP contribution in [-0.4, -0.2) is 15.6 Å². The highest BCUT2D eigenvalue weighted by Gasteiger charge is 2.21. The zero-order valence-electron chi connectivity index (χ0n) is 5.68. The van der Waals surface area contributed by atoms with Gasteiger partial charge < -0.3 is 4.43 Å². The van der Waals surface area contributed by atoms with E-state index in [4.69, 9.17) is 4.43 Å². The average molecular weight is 130 g/mol. The van der Waals surface area contributed by atoms with Crippen LogP contribution in [0.5, 0.6) is 0 Å². The molecule has 1 nitrogen and oxygen atoms in total. The average Bonchev–Trinajstić information content (AvgIpc) is 2.41. The van der Waals surface area contributed by atoms with Crippen LogP contribution in [0.15, 0.2) is 0 Å². The van der Waals surface area contributed by atoms with Gasteiger partial charge in [0.15, 0.2) is 9.04 Å². The molecule has 8 heavy (non-hydrogen) atoms. The maximum Gasteiger partial charge on any atom is 0.170 e. The standard InChI is InChI=1S/C6H14OSi/c1-8(2)7-5-6-3-4-6/h6,8H,3-5H2,1-2H3. The summed E-state index contributed by atoms with van der Waals surface area (Å²) in [5.41, 5.74) is 0. The van der Waals surface area contributed by atoms with Gasteiger partial charge in [0.2, 0.25) is 0 Å². The minimum atomic E-state index is -0.687. The third kappa shape index (κ3) is 2.48. The van der Waals surface area contributed by atoms with Crippen LogP contribution in [0, 0.1) is 5.92 Å². The Balaban J connectivity index is 1.87. The Morgan fingerprint density at radius 1 is 1.50 bits per heavy atom. The third-order valence-corrected chi connectivity index (χ3v) is 2.22. The van der Waals surface area contributed by atoms with Crippen molar-refractivity contribution in [3.8, 4) is 0 Å². The van der Waals surface area contributed by atoms with Gasteiger partial charge in [-0.3, -0.25) is 0 Å². The predicted molar refractivity (Wildman–Crippen MR) is 37.6 cm³/mol. The number of rotatable bonds is 3. The molecule has 1 aliphatic rings. The molecular formula is C6H14OSi. The van der Waals surface area contributed by atoms with E-state index in [0.29, 0.717) is 0 Å². The smallest absolute Gasteiger partial charge is 0.170 e. The summed E-state index contributed by atoms with van der Waals surface area (Å²) in [5, 5.41) is 0. The van der Waals surface area contributed by atoms with Gasteiger partial charge in [0, 0.05) is 6.61 Å². The molecule has 0 aromatic heterocycles. The van der Waals surface area contributed by atoms with Crippen LogP contribution in [0.3, 0.4) is 0 Å². The van der Waals surface area contributed by atoms with Gasteiger partial charge in [-0.05, 0) is 31.9 Å². The lowest BCUT2D eigenvalue weighted by Gasteiger charge is -2.02. The topological polar surface area (TPSA) is 9.23 Å². The second-order valence-electron chi connectivity index (χ2n) is 2.83. The quantitative estimate of drug-likeness (QED) is 0.525. The first-order chi connectivity index (χ1) is 3.79. The van der Waals surface area contributed by atoms with Gasteiger partial charge >= 0.3 is 0 Å². The summed E-state index contributed by atoms with van der Waals surface area (Å²) in [6.07, 6.45) is 2.84. The van der Waals surface area contributed by atoms with E-state index in [0.717, 1.165) is 12.5 Å². The van der Waals surface area contributed by atoms with E-state index in [-0.39, 0.29) is 0 Å². The van der Waals surface area contributed by atoms with Gasteiger partial charge in [-0.1, -0.05) is 0 Å². The van der Waals surface area contributed by atoms with Crippen LogP contribution in [0.2, 0.25) is 13.1 Å². The minimum absolute atomic E-state index is 0.687. The molecule has 0 spiro atoms. The molecule has 48 valence electrons. The van der Waals surface area contributed by atoms with Crippen LogP contribution >= 0.6 is 0 Å². The summed E-state index contributed by atoms with van der Waals surface area (Å²) >= 11 is 0. The van der Waals surface area contributed by atoms with E-state index in [1.165, 1.54) is 12.8 Å². The fourth-order valence-electron chi connectivity index (χ4n) is 0.613. The van der Waals surface area contributed by atoms with Crippen LogP contribution in [-0.2, 0) is 4.43 Å². The lowest BCUT2D eigenvalue weighted by atomic mass is 10.5. The van der Waals surface area contributed by atoms with Crippen LogP contribution in [0.1, 0.15) is 12.8 Å². The largest absolute Gasteiger partial charge is 0.420 e. The lowest BCUT2D eigenvalue weighted by molar-refractivity contribution is 0.307. The first-order valence-electron chi connectivity index (χ1n) is 3.40. The van der Waals surface area contributed by atoms with Crippen molar-refractivity contribution >= 4 is 9.04 Å². The molecular weight excluding hydrogens is 116 g/mol. The SMILES string of the molecule is C[SiH](C)OCC1CC1. The maximum absolute atomic E-state index is 5.50. The highest BCUT2D eigenvalue weighted by Crippen LogP contribution is 2.28. The van der Waals surface area contributed by atoms with E-state index in [1.54, 1.807) is 0 Å². The summed E-state index contributed by atoms with van der Waals surface area (Å²) in [4.78, 5) is 0. The Morgan fingerprint density at radius 3 is 2.50 bits per heavy atom. The number of hydrogen-bond acceptors (Lipinski definition) is 1. The molecule has 0 N–H and O–H groups in total. The molecule has 1 aliphatic carbocycles. The highest BCUT2D eigenvalue weighted by atomic mass is 28.3. The van der Waals surface area contributed by atoms with Crippen LogP contribution < -0.4 is 0 Å². The van der Waals surface area contributed by atoms with E-state index in [2.05, 4.69) is 13.1 Å².